The SMILES string of the molecule is CCNC(Cc1cc(C)ccc1C)c1ccc(SC)cc1. The zero-order valence-electron chi connectivity index (χ0n) is 13.4. The Bertz CT molecular complexity index is 575. The van der Waals surface area contributed by atoms with Gasteiger partial charge in [0.1, 0.15) is 0 Å². The van der Waals surface area contributed by atoms with Crippen LogP contribution in [0.1, 0.15) is 35.2 Å². The molecule has 1 atom stereocenters. The van der Waals surface area contributed by atoms with Gasteiger partial charge >= 0.3 is 0 Å². The highest BCUT2D eigenvalue weighted by atomic mass is 32.2. The maximum atomic E-state index is 3.62. The van der Waals surface area contributed by atoms with Crippen LogP contribution in [0.2, 0.25) is 0 Å². The fraction of sp³-hybridized carbons (Fsp3) is 0.368. The molecule has 0 fully saturated rings. The largest absolute Gasteiger partial charge is 0.310 e. The molecule has 0 bridgehead atoms. The van der Waals surface area contributed by atoms with Crippen molar-refractivity contribution in [3.63, 3.8) is 0 Å². The molecule has 112 valence electrons. The Kier molecular flexibility index (Phi) is 5.89. The summed E-state index contributed by atoms with van der Waals surface area (Å²) in [6, 6.07) is 16.1. The molecule has 2 aromatic rings. The number of benzene rings is 2. The van der Waals surface area contributed by atoms with Crippen molar-refractivity contribution in [2.75, 3.05) is 12.8 Å². The highest BCUT2D eigenvalue weighted by Gasteiger charge is 2.12. The summed E-state index contributed by atoms with van der Waals surface area (Å²) in [5, 5.41) is 3.62. The van der Waals surface area contributed by atoms with Gasteiger partial charge in [-0.2, -0.15) is 0 Å². The number of aryl methyl sites for hydroxylation is 2. The number of nitrogens with one attached hydrogen (secondary N) is 1. The van der Waals surface area contributed by atoms with Gasteiger partial charge in [0.25, 0.3) is 0 Å². The van der Waals surface area contributed by atoms with Gasteiger partial charge in [-0.05, 0) is 61.9 Å². The number of hydrogen-bond acceptors (Lipinski definition) is 2. The predicted octanol–water partition coefficient (Wildman–Crippen LogP) is 4.92. The van der Waals surface area contributed by atoms with E-state index >= 15 is 0 Å². The number of rotatable bonds is 6. The predicted molar refractivity (Wildman–Crippen MR) is 94.3 cm³/mol. The lowest BCUT2D eigenvalue weighted by Gasteiger charge is -2.20. The lowest BCUT2D eigenvalue weighted by atomic mass is 9.95. The fourth-order valence-electron chi connectivity index (χ4n) is 2.63. The highest BCUT2D eigenvalue weighted by Crippen LogP contribution is 2.24. The van der Waals surface area contributed by atoms with E-state index in [1.54, 1.807) is 11.8 Å². The molecule has 2 rings (SSSR count). The third-order valence-corrected chi connectivity index (χ3v) is 4.64. The molecule has 1 unspecified atom stereocenters. The van der Waals surface area contributed by atoms with Crippen molar-refractivity contribution in [2.24, 2.45) is 0 Å². The van der Waals surface area contributed by atoms with E-state index in [1.165, 1.54) is 27.1 Å². The molecular weight excluding hydrogens is 274 g/mol. The summed E-state index contributed by atoms with van der Waals surface area (Å²) in [6.45, 7) is 7.53. The average Bonchev–Trinajstić information content (AvgIpc) is 2.50. The van der Waals surface area contributed by atoms with Crippen LogP contribution in [-0.2, 0) is 6.42 Å². The van der Waals surface area contributed by atoms with Crippen molar-refractivity contribution in [1.29, 1.82) is 0 Å². The van der Waals surface area contributed by atoms with Gasteiger partial charge < -0.3 is 5.32 Å². The van der Waals surface area contributed by atoms with Crippen LogP contribution in [0.15, 0.2) is 47.4 Å². The van der Waals surface area contributed by atoms with Crippen molar-refractivity contribution < 1.29 is 0 Å². The van der Waals surface area contributed by atoms with E-state index in [-0.39, 0.29) is 0 Å². The molecule has 1 N–H and O–H groups in total. The van der Waals surface area contributed by atoms with Crippen molar-refractivity contribution in [2.45, 2.75) is 38.1 Å². The molecule has 0 heterocycles. The molecule has 0 radical (unpaired) electrons. The average molecular weight is 299 g/mol. The van der Waals surface area contributed by atoms with Crippen LogP contribution < -0.4 is 5.32 Å². The first-order valence-electron chi connectivity index (χ1n) is 7.57. The maximum absolute atomic E-state index is 3.62. The van der Waals surface area contributed by atoms with Crippen LogP contribution in [0.5, 0.6) is 0 Å². The van der Waals surface area contributed by atoms with E-state index in [9.17, 15) is 0 Å². The van der Waals surface area contributed by atoms with Gasteiger partial charge in [0.05, 0.1) is 0 Å². The second-order valence-corrected chi connectivity index (χ2v) is 6.40. The van der Waals surface area contributed by atoms with Gasteiger partial charge in [-0.1, -0.05) is 42.8 Å². The topological polar surface area (TPSA) is 12.0 Å². The van der Waals surface area contributed by atoms with Crippen molar-refractivity contribution in [3.8, 4) is 0 Å². The molecule has 0 aliphatic heterocycles. The minimum atomic E-state index is 0.381. The molecular formula is C19H25NS. The van der Waals surface area contributed by atoms with Crippen LogP contribution >= 0.6 is 11.8 Å². The third kappa shape index (κ3) is 4.36. The fourth-order valence-corrected chi connectivity index (χ4v) is 3.04. The maximum Gasteiger partial charge on any atom is 0.0360 e. The molecule has 1 nitrogen and oxygen atoms in total. The monoisotopic (exact) mass is 299 g/mol. The van der Waals surface area contributed by atoms with Gasteiger partial charge in [-0.25, -0.2) is 0 Å². The molecule has 21 heavy (non-hydrogen) atoms. The van der Waals surface area contributed by atoms with Gasteiger partial charge in [-0.15, -0.1) is 11.8 Å². The first kappa shape index (κ1) is 16.1. The van der Waals surface area contributed by atoms with Gasteiger partial charge in [-0.3, -0.25) is 0 Å². The second kappa shape index (κ2) is 7.67. The summed E-state index contributed by atoms with van der Waals surface area (Å²) in [5.74, 6) is 0. The molecule has 0 amide bonds. The summed E-state index contributed by atoms with van der Waals surface area (Å²) in [4.78, 5) is 1.32. The molecule has 0 saturated heterocycles. The van der Waals surface area contributed by atoms with Gasteiger partial charge in [0, 0.05) is 10.9 Å². The van der Waals surface area contributed by atoms with Crippen molar-refractivity contribution in [1.82, 2.24) is 5.32 Å². The first-order valence-corrected chi connectivity index (χ1v) is 8.80. The Morgan fingerprint density at radius 3 is 2.38 bits per heavy atom. The summed E-state index contributed by atoms with van der Waals surface area (Å²) in [7, 11) is 0. The Hall–Kier alpha value is -1.25. The molecule has 0 aliphatic rings. The van der Waals surface area contributed by atoms with Gasteiger partial charge in [0.15, 0.2) is 0 Å². The Morgan fingerprint density at radius 2 is 1.76 bits per heavy atom. The second-order valence-electron chi connectivity index (χ2n) is 5.52. The third-order valence-electron chi connectivity index (χ3n) is 3.90. The number of likely N-dealkylation sites (N-methyl/N-ethyl adjacent to an activating group) is 1. The Morgan fingerprint density at radius 1 is 1.05 bits per heavy atom. The lowest BCUT2D eigenvalue weighted by Crippen LogP contribution is -2.23. The number of thioether (sulfide) groups is 1. The minimum Gasteiger partial charge on any atom is -0.310 e. The van der Waals surface area contributed by atoms with E-state index in [2.05, 4.69) is 74.8 Å². The quantitative estimate of drug-likeness (QED) is 0.760. The molecule has 0 aromatic heterocycles. The van der Waals surface area contributed by atoms with E-state index in [4.69, 9.17) is 0 Å². The minimum absolute atomic E-state index is 0.381. The normalized spacial score (nSPS) is 12.4. The van der Waals surface area contributed by atoms with Crippen molar-refractivity contribution in [3.05, 3.63) is 64.7 Å². The van der Waals surface area contributed by atoms with E-state index < -0.39 is 0 Å². The first-order chi connectivity index (χ1) is 10.1. The number of hydrogen-bond donors (Lipinski definition) is 1. The van der Waals surface area contributed by atoms with Crippen LogP contribution in [0.4, 0.5) is 0 Å². The van der Waals surface area contributed by atoms with Gasteiger partial charge in [0.2, 0.25) is 0 Å². The summed E-state index contributed by atoms with van der Waals surface area (Å²) < 4.78 is 0. The van der Waals surface area contributed by atoms with Crippen LogP contribution in [0.25, 0.3) is 0 Å². The summed E-state index contributed by atoms with van der Waals surface area (Å²) in [5.41, 5.74) is 5.53. The zero-order valence-corrected chi connectivity index (χ0v) is 14.3. The van der Waals surface area contributed by atoms with Crippen LogP contribution in [0.3, 0.4) is 0 Å². The van der Waals surface area contributed by atoms with E-state index in [1.807, 2.05) is 0 Å². The van der Waals surface area contributed by atoms with E-state index in [0.29, 0.717) is 6.04 Å². The van der Waals surface area contributed by atoms with Crippen LogP contribution in [-0.4, -0.2) is 12.8 Å². The molecule has 2 aromatic carbocycles. The smallest absolute Gasteiger partial charge is 0.0360 e. The van der Waals surface area contributed by atoms with Crippen molar-refractivity contribution >= 4 is 11.8 Å². The molecule has 0 aliphatic carbocycles. The highest BCUT2D eigenvalue weighted by molar-refractivity contribution is 7.98. The Balaban J connectivity index is 2.23. The summed E-state index contributed by atoms with van der Waals surface area (Å²) in [6.07, 6.45) is 3.16. The lowest BCUT2D eigenvalue weighted by molar-refractivity contribution is 0.548. The Labute approximate surface area is 133 Å². The standard InChI is InChI=1S/C19H25NS/c1-5-20-19(16-8-10-18(21-4)11-9-16)13-17-12-14(2)6-7-15(17)3/h6-12,19-20H,5,13H2,1-4H3. The zero-order chi connectivity index (χ0) is 15.2. The molecule has 0 spiro atoms. The molecule has 2 heteroatoms. The molecule has 0 saturated carbocycles. The van der Waals surface area contributed by atoms with Crippen LogP contribution in [0, 0.1) is 13.8 Å². The van der Waals surface area contributed by atoms with E-state index in [0.717, 1.165) is 13.0 Å². The summed E-state index contributed by atoms with van der Waals surface area (Å²) >= 11 is 1.79.